The molecule has 4 rings (SSSR count). The van der Waals surface area contributed by atoms with Gasteiger partial charge in [-0.05, 0) is 36.3 Å². The number of esters is 2. The van der Waals surface area contributed by atoms with Crippen LogP contribution in [0.1, 0.15) is 36.6 Å². The van der Waals surface area contributed by atoms with Crippen LogP contribution in [0.2, 0.25) is 0 Å². The Labute approximate surface area is 190 Å². The number of dihydropyridines is 1. The lowest BCUT2D eigenvalue weighted by Gasteiger charge is -2.37. The summed E-state index contributed by atoms with van der Waals surface area (Å²) in [5, 5.41) is 5.18. The molecule has 0 bridgehead atoms. The summed E-state index contributed by atoms with van der Waals surface area (Å²) in [6.07, 6.45) is 0.520. The molecule has 32 heavy (non-hydrogen) atoms. The van der Waals surface area contributed by atoms with Gasteiger partial charge in [0.1, 0.15) is 12.5 Å². The molecule has 166 valence electrons. The van der Waals surface area contributed by atoms with Crippen LogP contribution < -0.4 is 5.32 Å². The highest BCUT2D eigenvalue weighted by atomic mass is 32.1. The molecule has 0 saturated heterocycles. The topological polar surface area (TPSA) is 81.7 Å². The molecule has 1 N–H and O–H groups in total. The first-order chi connectivity index (χ1) is 15.4. The highest BCUT2D eigenvalue weighted by molar-refractivity contribution is 7.10. The molecule has 0 saturated carbocycles. The molecule has 0 spiro atoms. The Morgan fingerprint density at radius 1 is 1.16 bits per heavy atom. The summed E-state index contributed by atoms with van der Waals surface area (Å²) in [5.74, 6) is -2.99. The molecule has 0 fully saturated rings. The van der Waals surface area contributed by atoms with Gasteiger partial charge in [0.25, 0.3) is 0 Å². The van der Waals surface area contributed by atoms with Crippen molar-refractivity contribution in [2.75, 3.05) is 7.11 Å². The van der Waals surface area contributed by atoms with E-state index in [0.717, 1.165) is 16.1 Å². The number of ether oxygens (including phenoxy) is 2. The minimum atomic E-state index is -0.886. The number of hydrogen-bond acceptors (Lipinski definition) is 7. The Morgan fingerprint density at radius 3 is 2.56 bits per heavy atom. The number of ketones is 1. The summed E-state index contributed by atoms with van der Waals surface area (Å²) in [7, 11) is 1.29. The average Bonchev–Trinajstić information content (AvgIpc) is 3.31. The molecule has 7 heteroatoms. The zero-order chi connectivity index (χ0) is 22.8. The number of nitrogens with one attached hydrogen (secondary N) is 1. The molecule has 1 aliphatic heterocycles. The number of benzene rings is 1. The van der Waals surface area contributed by atoms with Gasteiger partial charge in [-0.15, -0.1) is 11.3 Å². The Morgan fingerprint density at radius 2 is 1.91 bits per heavy atom. The third-order valence-electron chi connectivity index (χ3n) is 6.00. The van der Waals surface area contributed by atoms with Gasteiger partial charge in [-0.2, -0.15) is 0 Å². The highest BCUT2D eigenvalue weighted by Crippen LogP contribution is 2.46. The number of Topliss-reactive ketones (excluding diaryl/α,β-unsaturated/α-hetero) is 1. The Hall–Kier alpha value is -3.19. The Bertz CT molecular complexity index is 1100. The van der Waals surface area contributed by atoms with E-state index >= 15 is 0 Å². The van der Waals surface area contributed by atoms with Gasteiger partial charge in [-0.3, -0.25) is 9.59 Å². The smallest absolute Gasteiger partial charge is 0.337 e. The van der Waals surface area contributed by atoms with E-state index < -0.39 is 23.8 Å². The molecule has 0 unspecified atom stereocenters. The number of hydrogen-bond donors (Lipinski definition) is 1. The van der Waals surface area contributed by atoms with Crippen molar-refractivity contribution >= 4 is 29.1 Å². The van der Waals surface area contributed by atoms with Crippen LogP contribution in [0.15, 0.2) is 70.4 Å². The number of allylic oxidation sites excluding steroid dienone is 3. The molecule has 1 aromatic heterocycles. The van der Waals surface area contributed by atoms with Crippen LogP contribution in [0.5, 0.6) is 0 Å². The van der Waals surface area contributed by atoms with Crippen LogP contribution in [-0.4, -0.2) is 24.8 Å². The van der Waals surface area contributed by atoms with Crippen LogP contribution in [0.3, 0.4) is 0 Å². The first-order valence-electron chi connectivity index (χ1n) is 10.5. The van der Waals surface area contributed by atoms with Crippen molar-refractivity contribution < 1.29 is 23.9 Å². The van der Waals surface area contributed by atoms with Crippen molar-refractivity contribution in [3.8, 4) is 0 Å². The summed E-state index contributed by atoms with van der Waals surface area (Å²) in [5.41, 5.74) is 3.16. The second-order valence-electron chi connectivity index (χ2n) is 8.11. The van der Waals surface area contributed by atoms with Crippen molar-refractivity contribution in [3.05, 3.63) is 80.8 Å². The fourth-order valence-electron chi connectivity index (χ4n) is 4.49. The lowest BCUT2D eigenvalue weighted by Crippen LogP contribution is -2.43. The van der Waals surface area contributed by atoms with Gasteiger partial charge in [-0.25, -0.2) is 4.79 Å². The molecule has 0 radical (unpaired) electrons. The molecule has 3 atom stereocenters. The predicted molar refractivity (Wildman–Crippen MR) is 120 cm³/mol. The minimum absolute atomic E-state index is 0.134. The molecule has 2 heterocycles. The Balaban J connectivity index is 1.72. The largest absolute Gasteiger partial charge is 0.468 e. The van der Waals surface area contributed by atoms with Crippen molar-refractivity contribution in [1.29, 1.82) is 0 Å². The van der Waals surface area contributed by atoms with Crippen LogP contribution in [-0.2, 0) is 30.5 Å². The van der Waals surface area contributed by atoms with Gasteiger partial charge in [-0.1, -0.05) is 43.3 Å². The van der Waals surface area contributed by atoms with Gasteiger partial charge >= 0.3 is 11.9 Å². The molecule has 0 amide bonds. The normalized spacial score (nSPS) is 22.8. The SMILES string of the molecule is COC(=O)[C@H]1C(=O)C2=C(C[C@@H]1C)NC(C)=C(C(=O)OCc1ccccc1)[C@H]2c1cccs1. The van der Waals surface area contributed by atoms with Gasteiger partial charge in [0.15, 0.2) is 5.78 Å². The number of methoxy groups -OCH3 is 1. The monoisotopic (exact) mass is 451 g/mol. The molecule has 1 aromatic carbocycles. The summed E-state index contributed by atoms with van der Waals surface area (Å²) in [6.45, 7) is 3.83. The standard InChI is InChI=1S/C25H25NO5S/c1-14-12-17-21(23(27)19(14)24(28)30-3)22(18-10-7-11-32-18)20(15(2)26-17)25(29)31-13-16-8-5-4-6-9-16/h4-11,14,19,22,26H,12-13H2,1-3H3/t14-,19+,22+/m0/s1. The molecular formula is C25H25NO5S. The number of thiophene rings is 1. The van der Waals surface area contributed by atoms with Crippen LogP contribution in [0.25, 0.3) is 0 Å². The van der Waals surface area contributed by atoms with E-state index in [1.807, 2.05) is 61.7 Å². The van der Waals surface area contributed by atoms with Crippen molar-refractivity contribution in [1.82, 2.24) is 5.32 Å². The van der Waals surface area contributed by atoms with Gasteiger partial charge in [0.2, 0.25) is 0 Å². The first kappa shape index (κ1) is 22.0. The maximum atomic E-state index is 13.6. The third-order valence-corrected chi connectivity index (χ3v) is 6.94. The minimum Gasteiger partial charge on any atom is -0.468 e. The summed E-state index contributed by atoms with van der Waals surface area (Å²) < 4.78 is 10.6. The lowest BCUT2D eigenvalue weighted by molar-refractivity contribution is -0.151. The van der Waals surface area contributed by atoms with E-state index in [-0.39, 0.29) is 18.3 Å². The maximum absolute atomic E-state index is 13.6. The summed E-state index contributed by atoms with van der Waals surface area (Å²) in [4.78, 5) is 40.1. The van der Waals surface area contributed by atoms with E-state index in [1.165, 1.54) is 18.4 Å². The number of carbonyl (C=O) groups excluding carboxylic acids is 3. The van der Waals surface area contributed by atoms with Crippen LogP contribution >= 0.6 is 11.3 Å². The van der Waals surface area contributed by atoms with Gasteiger partial charge in [0.05, 0.1) is 18.6 Å². The van der Waals surface area contributed by atoms with Crippen molar-refractivity contribution in [3.63, 3.8) is 0 Å². The molecular weight excluding hydrogens is 426 g/mol. The summed E-state index contributed by atoms with van der Waals surface area (Å²) >= 11 is 1.47. The van der Waals surface area contributed by atoms with Crippen molar-refractivity contribution in [2.24, 2.45) is 11.8 Å². The summed E-state index contributed by atoms with van der Waals surface area (Å²) in [6, 6.07) is 13.2. The number of rotatable bonds is 5. The van der Waals surface area contributed by atoms with Gasteiger partial charge in [0, 0.05) is 21.8 Å². The fraction of sp³-hybridized carbons (Fsp3) is 0.320. The van der Waals surface area contributed by atoms with Gasteiger partial charge < -0.3 is 14.8 Å². The third kappa shape index (κ3) is 4.00. The van der Waals surface area contributed by atoms with E-state index in [2.05, 4.69) is 5.32 Å². The predicted octanol–water partition coefficient (Wildman–Crippen LogP) is 4.10. The Kier molecular flexibility index (Phi) is 6.28. The van der Waals surface area contributed by atoms with E-state index in [9.17, 15) is 14.4 Å². The highest BCUT2D eigenvalue weighted by Gasteiger charge is 2.47. The zero-order valence-electron chi connectivity index (χ0n) is 18.2. The van der Waals surface area contributed by atoms with E-state index in [0.29, 0.717) is 23.3 Å². The zero-order valence-corrected chi connectivity index (χ0v) is 19.0. The molecule has 1 aliphatic carbocycles. The average molecular weight is 452 g/mol. The second-order valence-corrected chi connectivity index (χ2v) is 9.09. The molecule has 2 aromatic rings. The van der Waals surface area contributed by atoms with E-state index in [4.69, 9.17) is 9.47 Å². The molecule has 2 aliphatic rings. The lowest BCUT2D eigenvalue weighted by atomic mass is 9.70. The maximum Gasteiger partial charge on any atom is 0.337 e. The van der Waals surface area contributed by atoms with Crippen LogP contribution in [0, 0.1) is 11.8 Å². The molecule has 6 nitrogen and oxygen atoms in total. The fourth-order valence-corrected chi connectivity index (χ4v) is 5.34. The van der Waals surface area contributed by atoms with E-state index in [1.54, 1.807) is 0 Å². The van der Waals surface area contributed by atoms with Crippen molar-refractivity contribution in [2.45, 2.75) is 32.8 Å². The second kappa shape index (κ2) is 9.12. The number of carbonyl (C=O) groups is 3. The quantitative estimate of drug-likeness (QED) is 0.544. The van der Waals surface area contributed by atoms with Crippen LogP contribution in [0.4, 0.5) is 0 Å². The first-order valence-corrected chi connectivity index (χ1v) is 11.4.